The number of piperidine rings is 1. The van der Waals surface area contributed by atoms with Crippen molar-refractivity contribution in [2.75, 3.05) is 26.7 Å². The van der Waals surface area contributed by atoms with Crippen LogP contribution in [0.15, 0.2) is 60.0 Å². The number of hydrogen-bond acceptors (Lipinski definition) is 4. The predicted octanol–water partition coefficient (Wildman–Crippen LogP) is 3.07. The summed E-state index contributed by atoms with van der Waals surface area (Å²) in [4.78, 5) is 12.5. The van der Waals surface area contributed by atoms with Crippen molar-refractivity contribution in [1.82, 2.24) is 9.62 Å². The zero-order chi connectivity index (χ0) is 21.4. The number of nitrogens with one attached hydrogen (secondary N) is 1. The fourth-order valence-electron chi connectivity index (χ4n) is 3.56. The van der Waals surface area contributed by atoms with Crippen LogP contribution in [0.5, 0.6) is 5.75 Å². The number of amides is 1. The van der Waals surface area contributed by atoms with Crippen molar-refractivity contribution >= 4 is 22.0 Å². The maximum absolute atomic E-state index is 12.6. The van der Waals surface area contributed by atoms with Crippen LogP contribution >= 0.6 is 0 Å². The predicted molar refractivity (Wildman–Crippen MR) is 118 cm³/mol. The Labute approximate surface area is 178 Å². The van der Waals surface area contributed by atoms with Crippen molar-refractivity contribution in [1.29, 1.82) is 0 Å². The maximum atomic E-state index is 12.6. The minimum Gasteiger partial charge on any atom is -0.496 e. The number of carbonyl (C=O) groups is 1. The largest absolute Gasteiger partial charge is 0.496 e. The number of ether oxygens (including phenoxy) is 1. The molecule has 160 valence electrons. The first kappa shape index (κ1) is 22.1. The molecule has 0 radical (unpaired) electrons. The smallest absolute Gasteiger partial charge is 0.236 e. The highest BCUT2D eigenvalue weighted by molar-refractivity contribution is 7.92. The molecule has 1 amide bonds. The van der Waals surface area contributed by atoms with Gasteiger partial charge in [-0.1, -0.05) is 48.5 Å². The van der Waals surface area contributed by atoms with Gasteiger partial charge in [0, 0.05) is 31.0 Å². The van der Waals surface area contributed by atoms with Crippen molar-refractivity contribution in [3.8, 4) is 5.75 Å². The van der Waals surface area contributed by atoms with Gasteiger partial charge in [-0.3, -0.25) is 4.79 Å². The third-order valence-corrected chi connectivity index (χ3v) is 6.87. The van der Waals surface area contributed by atoms with Gasteiger partial charge in [-0.25, -0.2) is 8.42 Å². The van der Waals surface area contributed by atoms with Crippen LogP contribution in [0.4, 0.5) is 0 Å². The van der Waals surface area contributed by atoms with E-state index < -0.39 is 10.0 Å². The molecule has 6 nitrogen and oxygen atoms in total. The molecule has 2 aromatic rings. The molecule has 1 heterocycles. The van der Waals surface area contributed by atoms with Gasteiger partial charge in [-0.05, 0) is 42.5 Å². The van der Waals surface area contributed by atoms with E-state index in [1.54, 1.807) is 13.2 Å². The molecule has 1 N–H and O–H groups in total. The lowest BCUT2D eigenvalue weighted by Gasteiger charge is -2.29. The normalized spacial score (nSPS) is 15.9. The Morgan fingerprint density at radius 3 is 2.47 bits per heavy atom. The Morgan fingerprint density at radius 1 is 1.10 bits per heavy atom. The molecule has 1 aliphatic heterocycles. The number of nitrogens with zero attached hydrogens (tertiary/aromatic N) is 1. The number of methoxy groups -OCH3 is 1. The van der Waals surface area contributed by atoms with Crippen molar-refractivity contribution < 1.29 is 17.9 Å². The van der Waals surface area contributed by atoms with Crippen LogP contribution in [0.2, 0.25) is 0 Å². The molecule has 1 saturated heterocycles. The van der Waals surface area contributed by atoms with E-state index in [0.29, 0.717) is 38.9 Å². The Balaban J connectivity index is 1.46. The highest BCUT2D eigenvalue weighted by atomic mass is 32.2. The van der Waals surface area contributed by atoms with E-state index in [-0.39, 0.29) is 11.8 Å². The van der Waals surface area contributed by atoms with E-state index >= 15 is 0 Å². The van der Waals surface area contributed by atoms with Gasteiger partial charge < -0.3 is 10.1 Å². The Hall–Kier alpha value is -2.64. The van der Waals surface area contributed by atoms with Gasteiger partial charge >= 0.3 is 0 Å². The molecule has 0 saturated carbocycles. The van der Waals surface area contributed by atoms with Gasteiger partial charge in [-0.15, -0.1) is 0 Å². The molecule has 0 aliphatic carbocycles. The Morgan fingerprint density at radius 2 is 1.77 bits per heavy atom. The lowest BCUT2D eigenvalue weighted by molar-refractivity contribution is -0.126. The number of rotatable bonds is 8. The summed E-state index contributed by atoms with van der Waals surface area (Å²) in [6, 6.07) is 17.1. The quantitative estimate of drug-likeness (QED) is 0.701. The van der Waals surface area contributed by atoms with E-state index in [1.165, 1.54) is 9.71 Å². The first-order valence-electron chi connectivity index (χ1n) is 10.1. The van der Waals surface area contributed by atoms with Gasteiger partial charge in [0.05, 0.1) is 7.11 Å². The molecule has 0 aromatic heterocycles. The highest BCUT2D eigenvalue weighted by Gasteiger charge is 2.29. The molecule has 30 heavy (non-hydrogen) atoms. The summed E-state index contributed by atoms with van der Waals surface area (Å²) in [5.74, 6) is 0.641. The van der Waals surface area contributed by atoms with E-state index in [1.807, 2.05) is 54.6 Å². The molecular weight excluding hydrogens is 400 g/mol. The van der Waals surface area contributed by atoms with Gasteiger partial charge in [0.25, 0.3) is 0 Å². The molecule has 0 atom stereocenters. The minimum absolute atomic E-state index is 0.0122. The maximum Gasteiger partial charge on any atom is 0.236 e. The van der Waals surface area contributed by atoms with Gasteiger partial charge in [0.1, 0.15) is 5.75 Å². The molecule has 3 rings (SSSR count). The molecule has 2 aromatic carbocycles. The van der Waals surface area contributed by atoms with Gasteiger partial charge in [0.15, 0.2) is 0 Å². The third-order valence-electron chi connectivity index (χ3n) is 5.30. The zero-order valence-electron chi connectivity index (χ0n) is 17.2. The summed E-state index contributed by atoms with van der Waals surface area (Å²) in [5.41, 5.74) is 1.89. The standard InChI is InChI=1S/C23H28N2O4S/c1-29-22-10-6-5-9-20(22)11-15-24-23(26)21-12-16-25(17-13-21)30(27,28)18-14-19-7-3-2-4-8-19/h2-10,14,18,21H,11-13,15-17H2,1H3,(H,24,26)/b18-14+. The number of hydrogen-bond donors (Lipinski definition) is 1. The number of sulfonamides is 1. The van der Waals surface area contributed by atoms with E-state index in [4.69, 9.17) is 4.74 Å². The molecule has 0 unspecified atom stereocenters. The van der Waals surface area contributed by atoms with Crippen molar-refractivity contribution in [2.45, 2.75) is 19.3 Å². The Kier molecular flexibility index (Phi) is 7.65. The van der Waals surface area contributed by atoms with Crippen LogP contribution in [0, 0.1) is 5.92 Å². The van der Waals surface area contributed by atoms with Crippen LogP contribution < -0.4 is 10.1 Å². The second-order valence-electron chi connectivity index (χ2n) is 7.28. The van der Waals surface area contributed by atoms with Crippen LogP contribution in [0.25, 0.3) is 6.08 Å². The van der Waals surface area contributed by atoms with Gasteiger partial charge in [0.2, 0.25) is 15.9 Å². The molecule has 1 aliphatic rings. The molecule has 0 spiro atoms. The summed E-state index contributed by atoms with van der Waals surface area (Å²) >= 11 is 0. The number of para-hydroxylation sites is 1. The van der Waals surface area contributed by atoms with E-state index in [9.17, 15) is 13.2 Å². The zero-order valence-corrected chi connectivity index (χ0v) is 18.0. The molecule has 0 bridgehead atoms. The SMILES string of the molecule is COc1ccccc1CCNC(=O)C1CCN(S(=O)(=O)/C=C/c2ccccc2)CC1. The third kappa shape index (κ3) is 5.93. The second kappa shape index (κ2) is 10.4. The first-order valence-corrected chi connectivity index (χ1v) is 11.6. The Bertz CT molecular complexity index is 966. The monoisotopic (exact) mass is 428 g/mol. The molecule has 1 fully saturated rings. The topological polar surface area (TPSA) is 75.7 Å². The second-order valence-corrected chi connectivity index (χ2v) is 9.10. The van der Waals surface area contributed by atoms with Crippen molar-refractivity contribution in [3.63, 3.8) is 0 Å². The van der Waals surface area contributed by atoms with Crippen LogP contribution in [0.3, 0.4) is 0 Å². The fourth-order valence-corrected chi connectivity index (χ4v) is 4.78. The van der Waals surface area contributed by atoms with Crippen molar-refractivity contribution in [3.05, 3.63) is 71.1 Å². The minimum atomic E-state index is -3.48. The van der Waals surface area contributed by atoms with Gasteiger partial charge in [-0.2, -0.15) is 4.31 Å². The van der Waals surface area contributed by atoms with Crippen LogP contribution in [0.1, 0.15) is 24.0 Å². The highest BCUT2D eigenvalue weighted by Crippen LogP contribution is 2.21. The van der Waals surface area contributed by atoms with E-state index in [0.717, 1.165) is 16.9 Å². The van der Waals surface area contributed by atoms with Crippen molar-refractivity contribution in [2.24, 2.45) is 5.92 Å². The average Bonchev–Trinajstić information content (AvgIpc) is 2.79. The first-order chi connectivity index (χ1) is 14.5. The lowest BCUT2D eigenvalue weighted by Crippen LogP contribution is -2.42. The van der Waals surface area contributed by atoms with Crippen LogP contribution in [-0.4, -0.2) is 45.4 Å². The lowest BCUT2D eigenvalue weighted by atomic mass is 9.97. The number of carbonyl (C=O) groups excluding carboxylic acids is 1. The summed E-state index contributed by atoms with van der Waals surface area (Å²) in [6.07, 6.45) is 3.34. The van der Waals surface area contributed by atoms with Crippen LogP contribution in [-0.2, 0) is 21.2 Å². The summed E-state index contributed by atoms with van der Waals surface area (Å²) < 4.78 is 31.9. The van der Waals surface area contributed by atoms with E-state index in [2.05, 4.69) is 5.32 Å². The summed E-state index contributed by atoms with van der Waals surface area (Å²) in [5, 5.41) is 4.22. The fraction of sp³-hybridized carbons (Fsp3) is 0.348. The summed E-state index contributed by atoms with van der Waals surface area (Å²) in [7, 11) is -1.85. The molecule has 7 heteroatoms. The molecular formula is C23H28N2O4S. The summed E-state index contributed by atoms with van der Waals surface area (Å²) in [6.45, 7) is 1.23. The average molecular weight is 429 g/mol. The number of benzene rings is 2.